The van der Waals surface area contributed by atoms with Crippen molar-refractivity contribution in [3.05, 3.63) is 35.6 Å². The summed E-state index contributed by atoms with van der Waals surface area (Å²) >= 11 is 7.51. The van der Waals surface area contributed by atoms with Crippen molar-refractivity contribution in [2.75, 3.05) is 0 Å². The molecule has 3 aromatic rings. The van der Waals surface area contributed by atoms with Crippen molar-refractivity contribution in [3.63, 3.8) is 0 Å². The number of aromatic nitrogens is 7. The minimum Gasteiger partial charge on any atom is -0.303 e. The third-order valence-electron chi connectivity index (χ3n) is 3.45. The summed E-state index contributed by atoms with van der Waals surface area (Å²) in [5, 5.41) is 10.3. The van der Waals surface area contributed by atoms with Gasteiger partial charge >= 0.3 is 0 Å². The minimum atomic E-state index is 0.447. The normalized spacial score (nSPS) is 14.2. The Morgan fingerprint density at radius 2 is 2.09 bits per heavy atom. The lowest BCUT2D eigenvalue weighted by atomic mass is 10.4. The van der Waals surface area contributed by atoms with Crippen molar-refractivity contribution in [1.82, 2.24) is 34.7 Å². The largest absolute Gasteiger partial charge is 0.303 e. The number of hydrogen-bond acceptors (Lipinski definition) is 7. The number of halogens is 1. The summed E-state index contributed by atoms with van der Waals surface area (Å²) in [4.78, 5) is 17.2. The molecule has 7 nitrogen and oxygen atoms in total. The Morgan fingerprint density at radius 3 is 2.83 bits per heavy atom. The topological polar surface area (TPSA) is 82.3 Å². The van der Waals surface area contributed by atoms with E-state index in [1.54, 1.807) is 24.7 Å². The van der Waals surface area contributed by atoms with E-state index in [0.29, 0.717) is 27.7 Å². The molecule has 0 unspecified atom stereocenters. The Kier molecular flexibility index (Phi) is 3.70. The molecule has 0 amide bonds. The first-order valence-electron chi connectivity index (χ1n) is 7.09. The van der Waals surface area contributed by atoms with Crippen LogP contribution in [0.2, 0.25) is 5.15 Å². The lowest BCUT2D eigenvalue weighted by molar-refractivity contribution is 0.787. The van der Waals surface area contributed by atoms with Crippen LogP contribution >= 0.6 is 23.4 Å². The fraction of sp³-hybridized carbons (Fsp3) is 0.286. The van der Waals surface area contributed by atoms with Gasteiger partial charge in [0.25, 0.3) is 0 Å². The van der Waals surface area contributed by atoms with Gasteiger partial charge in [0.05, 0.1) is 6.20 Å². The third kappa shape index (κ3) is 3.04. The first-order chi connectivity index (χ1) is 11.2. The summed E-state index contributed by atoms with van der Waals surface area (Å²) in [6, 6.07) is 1.74. The Bertz CT molecular complexity index is 848. The average Bonchev–Trinajstić information content (AvgIpc) is 3.34. The summed E-state index contributed by atoms with van der Waals surface area (Å²) in [7, 11) is 1.89. The van der Waals surface area contributed by atoms with Crippen LogP contribution in [0.3, 0.4) is 0 Å². The van der Waals surface area contributed by atoms with E-state index in [9.17, 15) is 0 Å². The van der Waals surface area contributed by atoms with E-state index in [-0.39, 0.29) is 0 Å². The second kappa shape index (κ2) is 5.86. The Morgan fingerprint density at radius 1 is 1.22 bits per heavy atom. The van der Waals surface area contributed by atoms with Gasteiger partial charge in [-0.1, -0.05) is 11.6 Å². The molecule has 1 aliphatic carbocycles. The highest BCUT2D eigenvalue weighted by Gasteiger charge is 2.27. The molecule has 23 heavy (non-hydrogen) atoms. The smallest absolute Gasteiger partial charge is 0.197 e. The lowest BCUT2D eigenvalue weighted by Gasteiger charge is -2.04. The number of rotatable bonds is 4. The van der Waals surface area contributed by atoms with Crippen molar-refractivity contribution in [3.8, 4) is 11.5 Å². The van der Waals surface area contributed by atoms with Gasteiger partial charge in [-0.3, -0.25) is 4.98 Å². The molecule has 0 N–H and O–H groups in total. The zero-order chi connectivity index (χ0) is 15.8. The predicted molar refractivity (Wildman–Crippen MR) is 85.2 cm³/mol. The summed E-state index contributed by atoms with van der Waals surface area (Å²) in [5.41, 5.74) is 0.675. The van der Waals surface area contributed by atoms with Crippen LogP contribution in [0.5, 0.6) is 0 Å². The van der Waals surface area contributed by atoms with Gasteiger partial charge in [-0.05, 0) is 24.6 Å². The van der Waals surface area contributed by atoms with E-state index < -0.39 is 0 Å². The van der Waals surface area contributed by atoms with Gasteiger partial charge in [0, 0.05) is 31.4 Å². The maximum absolute atomic E-state index is 6.10. The second-order valence-electron chi connectivity index (χ2n) is 5.22. The van der Waals surface area contributed by atoms with Gasteiger partial charge in [-0.2, -0.15) is 0 Å². The summed E-state index contributed by atoms with van der Waals surface area (Å²) in [5.74, 6) is 1.92. The summed E-state index contributed by atoms with van der Waals surface area (Å²) in [6.07, 6.45) is 7.17. The highest BCUT2D eigenvalue weighted by Crippen LogP contribution is 2.39. The van der Waals surface area contributed by atoms with Crippen LogP contribution in [0, 0.1) is 0 Å². The molecule has 116 valence electrons. The van der Waals surface area contributed by atoms with E-state index in [0.717, 1.165) is 23.7 Å². The summed E-state index contributed by atoms with van der Waals surface area (Å²) < 4.78 is 1.86. The van der Waals surface area contributed by atoms with Crippen molar-refractivity contribution in [1.29, 1.82) is 0 Å². The molecule has 0 radical (unpaired) electrons. The monoisotopic (exact) mass is 345 g/mol. The van der Waals surface area contributed by atoms with Crippen LogP contribution in [0.15, 0.2) is 34.8 Å². The molecular weight excluding hydrogens is 334 g/mol. The summed E-state index contributed by atoms with van der Waals surface area (Å²) in [6.45, 7) is 0. The van der Waals surface area contributed by atoms with Crippen LogP contribution in [-0.4, -0.2) is 34.7 Å². The van der Waals surface area contributed by atoms with E-state index in [1.165, 1.54) is 11.8 Å². The van der Waals surface area contributed by atoms with E-state index >= 15 is 0 Å². The molecular formula is C14H12ClN7S. The maximum Gasteiger partial charge on any atom is 0.197 e. The first kappa shape index (κ1) is 14.5. The van der Waals surface area contributed by atoms with Gasteiger partial charge in [-0.25, -0.2) is 15.0 Å². The van der Waals surface area contributed by atoms with Gasteiger partial charge < -0.3 is 4.57 Å². The molecule has 3 aromatic heterocycles. The van der Waals surface area contributed by atoms with Crippen molar-refractivity contribution in [2.45, 2.75) is 28.9 Å². The molecule has 0 saturated heterocycles. The van der Waals surface area contributed by atoms with E-state index in [1.807, 2.05) is 11.6 Å². The highest BCUT2D eigenvalue weighted by atomic mass is 35.5. The van der Waals surface area contributed by atoms with Crippen molar-refractivity contribution in [2.24, 2.45) is 7.05 Å². The lowest BCUT2D eigenvalue weighted by Crippen LogP contribution is -1.98. The molecule has 0 bridgehead atoms. The molecule has 3 heterocycles. The molecule has 0 atom stereocenters. The fourth-order valence-corrected chi connectivity index (χ4v) is 3.18. The number of nitrogens with zero attached hydrogens (tertiary/aromatic N) is 7. The van der Waals surface area contributed by atoms with Gasteiger partial charge in [-0.15, -0.1) is 10.2 Å². The van der Waals surface area contributed by atoms with E-state index in [4.69, 9.17) is 11.6 Å². The van der Waals surface area contributed by atoms with Crippen LogP contribution in [0.4, 0.5) is 0 Å². The van der Waals surface area contributed by atoms with Crippen molar-refractivity contribution >= 4 is 23.4 Å². The SMILES string of the molecule is Cn1c(Sc2cc(Cl)nc(C3CC3)n2)nnc1-c1cnccn1. The molecule has 0 aromatic carbocycles. The molecule has 1 fully saturated rings. The fourth-order valence-electron chi connectivity index (χ4n) is 2.13. The Labute approximate surface area is 141 Å². The minimum absolute atomic E-state index is 0.447. The van der Waals surface area contributed by atoms with Crippen LogP contribution in [-0.2, 0) is 7.05 Å². The van der Waals surface area contributed by atoms with Crippen LogP contribution < -0.4 is 0 Å². The Balaban J connectivity index is 1.64. The third-order valence-corrected chi connectivity index (χ3v) is 4.60. The first-order valence-corrected chi connectivity index (χ1v) is 8.28. The second-order valence-corrected chi connectivity index (χ2v) is 6.59. The molecule has 1 saturated carbocycles. The highest BCUT2D eigenvalue weighted by molar-refractivity contribution is 7.99. The Hall–Kier alpha value is -2.06. The molecule has 0 aliphatic heterocycles. The predicted octanol–water partition coefficient (Wildman–Crippen LogP) is 2.74. The maximum atomic E-state index is 6.10. The van der Waals surface area contributed by atoms with E-state index in [2.05, 4.69) is 30.1 Å². The zero-order valence-corrected chi connectivity index (χ0v) is 13.8. The van der Waals surface area contributed by atoms with Crippen molar-refractivity contribution < 1.29 is 0 Å². The molecule has 1 aliphatic rings. The van der Waals surface area contributed by atoms with Gasteiger partial charge in [0.2, 0.25) is 0 Å². The van der Waals surface area contributed by atoms with Crippen LogP contribution in [0.25, 0.3) is 11.5 Å². The quantitative estimate of drug-likeness (QED) is 0.672. The van der Waals surface area contributed by atoms with Gasteiger partial charge in [0.1, 0.15) is 21.7 Å². The number of hydrogen-bond donors (Lipinski definition) is 0. The van der Waals surface area contributed by atoms with Gasteiger partial charge in [0.15, 0.2) is 11.0 Å². The average molecular weight is 346 g/mol. The standard InChI is InChI=1S/C14H12ClN7S/c1-22-13(9-7-16-4-5-17-9)20-21-14(22)23-11-6-10(15)18-12(19-11)8-2-3-8/h4-8H,2-3H2,1H3. The zero-order valence-electron chi connectivity index (χ0n) is 12.2. The molecule has 9 heteroatoms. The molecule has 4 rings (SSSR count). The van der Waals surface area contributed by atoms with Crippen LogP contribution in [0.1, 0.15) is 24.6 Å². The molecule has 0 spiro atoms.